The molecule has 2 aromatic rings. The van der Waals surface area contributed by atoms with E-state index in [-0.39, 0.29) is 12.2 Å². The molecule has 0 bridgehead atoms. The van der Waals surface area contributed by atoms with Crippen molar-refractivity contribution in [3.63, 3.8) is 0 Å². The Morgan fingerprint density at radius 1 is 1.35 bits per heavy atom. The molecular weight excluding hydrogens is 394 g/mol. The van der Waals surface area contributed by atoms with Crippen LogP contribution in [-0.4, -0.2) is 59.6 Å². The van der Waals surface area contributed by atoms with Gasteiger partial charge in [0, 0.05) is 49.4 Å². The van der Waals surface area contributed by atoms with Gasteiger partial charge in [0.1, 0.15) is 23.7 Å². The van der Waals surface area contributed by atoms with Gasteiger partial charge in [0.2, 0.25) is 0 Å². The molecule has 31 heavy (non-hydrogen) atoms. The van der Waals surface area contributed by atoms with E-state index in [2.05, 4.69) is 41.3 Å². The maximum Gasteiger partial charge on any atom is 0.194 e. The van der Waals surface area contributed by atoms with Crippen LogP contribution in [0.25, 0.3) is 0 Å². The number of nitrogens with zero attached hydrogens (tertiary/aromatic N) is 4. The highest BCUT2D eigenvalue weighted by molar-refractivity contribution is 5.80. The second kappa shape index (κ2) is 9.60. The summed E-state index contributed by atoms with van der Waals surface area (Å²) in [7, 11) is 1.92. The molecule has 2 aliphatic rings. The number of nitrogens with one attached hydrogen (secondary N) is 1. The lowest BCUT2D eigenvalue weighted by atomic mass is 10.1. The van der Waals surface area contributed by atoms with E-state index in [4.69, 9.17) is 19.2 Å². The summed E-state index contributed by atoms with van der Waals surface area (Å²) in [4.78, 5) is 7.21. The molecule has 2 atom stereocenters. The molecule has 1 aromatic heterocycles. The predicted octanol–water partition coefficient (Wildman–Crippen LogP) is 2.68. The summed E-state index contributed by atoms with van der Waals surface area (Å²) in [5, 5.41) is 7.72. The number of hydrogen-bond acceptors (Lipinski definition) is 5. The van der Waals surface area contributed by atoms with Crippen LogP contribution in [-0.2, 0) is 24.8 Å². The molecule has 1 saturated heterocycles. The van der Waals surface area contributed by atoms with E-state index in [1.165, 1.54) is 5.56 Å². The van der Waals surface area contributed by atoms with Crippen molar-refractivity contribution in [1.29, 1.82) is 0 Å². The highest BCUT2D eigenvalue weighted by Gasteiger charge is 2.26. The molecule has 0 radical (unpaired) electrons. The van der Waals surface area contributed by atoms with Gasteiger partial charge in [0.05, 0.1) is 32.5 Å². The van der Waals surface area contributed by atoms with Crippen LogP contribution >= 0.6 is 0 Å². The summed E-state index contributed by atoms with van der Waals surface area (Å²) < 4.78 is 19.7. The topological polar surface area (TPSA) is 73.1 Å². The summed E-state index contributed by atoms with van der Waals surface area (Å²) in [5.41, 5.74) is 3.34. The van der Waals surface area contributed by atoms with Crippen LogP contribution in [0.2, 0.25) is 0 Å². The lowest BCUT2D eigenvalue weighted by Crippen LogP contribution is -2.48. The van der Waals surface area contributed by atoms with Crippen molar-refractivity contribution in [1.82, 2.24) is 20.0 Å². The molecule has 4 rings (SSSR count). The number of aryl methyl sites for hydroxylation is 1. The molecule has 1 N–H and O–H groups in total. The van der Waals surface area contributed by atoms with Gasteiger partial charge >= 0.3 is 0 Å². The van der Waals surface area contributed by atoms with Crippen LogP contribution in [0.4, 0.5) is 0 Å². The van der Waals surface area contributed by atoms with Gasteiger partial charge < -0.3 is 24.4 Å². The molecule has 8 heteroatoms. The maximum atomic E-state index is 6.00. The number of aliphatic imine (C=N–C) groups is 1. The average Bonchev–Trinajstić information content (AvgIpc) is 3.35. The van der Waals surface area contributed by atoms with Crippen molar-refractivity contribution in [2.75, 3.05) is 32.8 Å². The van der Waals surface area contributed by atoms with Crippen molar-refractivity contribution in [2.24, 2.45) is 12.0 Å². The average molecular weight is 428 g/mol. The monoisotopic (exact) mass is 427 g/mol. The molecule has 168 valence electrons. The van der Waals surface area contributed by atoms with Crippen molar-refractivity contribution < 1.29 is 14.2 Å². The highest BCUT2D eigenvalue weighted by atomic mass is 16.5. The molecule has 0 aliphatic carbocycles. The van der Waals surface area contributed by atoms with Crippen molar-refractivity contribution in [3.8, 4) is 11.5 Å². The fraction of sp³-hybridized carbons (Fsp3) is 0.565. The first-order chi connectivity index (χ1) is 15.1. The summed E-state index contributed by atoms with van der Waals surface area (Å²) in [6, 6.07) is 4.21. The molecular formula is C23H33N5O3. The van der Waals surface area contributed by atoms with Crippen LogP contribution in [0.1, 0.15) is 43.6 Å². The maximum absolute atomic E-state index is 6.00. The lowest BCUT2D eigenvalue weighted by molar-refractivity contribution is -0.00805. The minimum absolute atomic E-state index is 0.0137. The zero-order valence-corrected chi connectivity index (χ0v) is 18.9. The van der Waals surface area contributed by atoms with Gasteiger partial charge in [-0.25, -0.2) is 4.99 Å². The van der Waals surface area contributed by atoms with Crippen LogP contribution in [0.15, 0.2) is 29.5 Å². The van der Waals surface area contributed by atoms with E-state index < -0.39 is 0 Å². The Bertz CT molecular complexity index is 926. The van der Waals surface area contributed by atoms with Crippen LogP contribution < -0.4 is 14.8 Å². The summed E-state index contributed by atoms with van der Waals surface area (Å²) in [5.74, 6) is 2.74. The Labute approximate surface area is 184 Å². The smallest absolute Gasteiger partial charge is 0.194 e. The number of ether oxygens (including phenoxy) is 3. The number of hydrogen-bond donors (Lipinski definition) is 1. The van der Waals surface area contributed by atoms with E-state index >= 15 is 0 Å². The van der Waals surface area contributed by atoms with Crippen LogP contribution in [0, 0.1) is 0 Å². The van der Waals surface area contributed by atoms with Crippen LogP contribution in [0.3, 0.4) is 0 Å². The van der Waals surface area contributed by atoms with Crippen LogP contribution in [0.5, 0.6) is 11.5 Å². The van der Waals surface area contributed by atoms with E-state index in [1.807, 2.05) is 31.0 Å². The van der Waals surface area contributed by atoms with Crippen molar-refractivity contribution in [2.45, 2.75) is 45.9 Å². The fourth-order valence-corrected chi connectivity index (χ4v) is 4.13. The van der Waals surface area contributed by atoms with E-state index in [9.17, 15) is 0 Å². The normalized spacial score (nSPS) is 21.0. The molecule has 3 heterocycles. The Kier molecular flexibility index (Phi) is 6.65. The minimum atomic E-state index is -0.0137. The van der Waals surface area contributed by atoms with Gasteiger partial charge in [0.25, 0.3) is 0 Å². The summed E-state index contributed by atoms with van der Waals surface area (Å²) >= 11 is 0. The van der Waals surface area contributed by atoms with E-state index in [0.29, 0.717) is 19.8 Å². The largest absolute Gasteiger partial charge is 0.494 e. The first kappa shape index (κ1) is 21.5. The predicted molar refractivity (Wildman–Crippen MR) is 120 cm³/mol. The SMILES string of the molecule is CCNC(=NCc1cc2c(cc1OCC)CC(C)O2)N1CCOC(c2cnn(C)c2)C1. The van der Waals surface area contributed by atoms with E-state index in [1.54, 1.807) is 0 Å². The number of fused-ring (bicyclic) bond motifs is 1. The van der Waals surface area contributed by atoms with Crippen molar-refractivity contribution >= 4 is 5.96 Å². The number of rotatable bonds is 6. The molecule has 0 saturated carbocycles. The quantitative estimate of drug-likeness (QED) is 0.565. The molecule has 2 aliphatic heterocycles. The Balaban J connectivity index is 1.53. The molecule has 0 spiro atoms. The summed E-state index contributed by atoms with van der Waals surface area (Å²) in [6.45, 7) is 10.3. The molecule has 8 nitrogen and oxygen atoms in total. The van der Waals surface area contributed by atoms with Gasteiger partial charge in [-0.2, -0.15) is 5.10 Å². The second-order valence-corrected chi connectivity index (χ2v) is 8.06. The Hall–Kier alpha value is -2.74. The molecule has 1 aromatic carbocycles. The van der Waals surface area contributed by atoms with Gasteiger partial charge in [-0.3, -0.25) is 4.68 Å². The third kappa shape index (κ3) is 4.95. The number of morpholine rings is 1. The van der Waals surface area contributed by atoms with Crippen molar-refractivity contribution in [3.05, 3.63) is 41.2 Å². The van der Waals surface area contributed by atoms with E-state index in [0.717, 1.165) is 54.6 Å². The molecule has 2 unspecified atom stereocenters. The highest BCUT2D eigenvalue weighted by Crippen LogP contribution is 2.35. The molecule has 1 fully saturated rings. The third-order valence-electron chi connectivity index (χ3n) is 5.58. The fourth-order valence-electron chi connectivity index (χ4n) is 4.13. The number of guanidine groups is 1. The zero-order chi connectivity index (χ0) is 21.8. The molecule has 0 amide bonds. The summed E-state index contributed by atoms with van der Waals surface area (Å²) in [6.07, 6.45) is 5.00. The minimum Gasteiger partial charge on any atom is -0.494 e. The third-order valence-corrected chi connectivity index (χ3v) is 5.58. The number of aromatic nitrogens is 2. The second-order valence-electron chi connectivity index (χ2n) is 8.06. The van der Waals surface area contributed by atoms with Gasteiger partial charge in [0.15, 0.2) is 5.96 Å². The lowest BCUT2D eigenvalue weighted by Gasteiger charge is -2.34. The first-order valence-electron chi connectivity index (χ1n) is 11.2. The zero-order valence-electron chi connectivity index (χ0n) is 18.9. The Morgan fingerprint density at radius 2 is 2.23 bits per heavy atom. The first-order valence-corrected chi connectivity index (χ1v) is 11.2. The van der Waals surface area contributed by atoms with Gasteiger partial charge in [-0.15, -0.1) is 0 Å². The standard InChI is InChI=1S/C23H33N5O3/c1-5-24-23(28-7-8-30-22(15-28)19-13-26-27(4)14-19)25-12-18-11-21-17(9-16(3)31-21)10-20(18)29-6-2/h10-11,13-14,16,22H,5-9,12,15H2,1-4H3,(H,24,25). The van der Waals surface area contributed by atoms with Gasteiger partial charge in [-0.1, -0.05) is 0 Å². The number of benzene rings is 1. The van der Waals surface area contributed by atoms with Gasteiger partial charge in [-0.05, 0) is 32.9 Å². The Morgan fingerprint density at radius 3 is 2.97 bits per heavy atom.